The van der Waals surface area contributed by atoms with Crippen LogP contribution >= 0.6 is 11.9 Å². The van der Waals surface area contributed by atoms with Crippen molar-refractivity contribution in [3.63, 3.8) is 0 Å². The number of aromatic nitrogens is 2. The standard InChI is InChI=1S/C34H45N3O5S/c1-32(2,3)42-30(40)34(6,7)23-33(4,5)19-9-8-10-24-11-15-27(16-12-24)41-22-25-13-17-28(18-14-25)43-37-31-35-20-26(21-36-31)29(38)39/h11-18,20-21H,8-10,19,22-23H2,1-7H3,(H,38,39)(H,35,36,37). The largest absolute Gasteiger partial charge is 0.489 e. The lowest BCUT2D eigenvalue weighted by molar-refractivity contribution is -0.167. The molecule has 0 unspecified atom stereocenters. The van der Waals surface area contributed by atoms with Crippen LogP contribution in [0.25, 0.3) is 0 Å². The number of hydrogen-bond acceptors (Lipinski definition) is 8. The van der Waals surface area contributed by atoms with E-state index in [2.05, 4.69) is 40.7 Å². The van der Waals surface area contributed by atoms with E-state index in [0.29, 0.717) is 12.6 Å². The molecule has 9 heteroatoms. The zero-order valence-corrected chi connectivity index (χ0v) is 27.2. The topological polar surface area (TPSA) is 111 Å². The Bertz CT molecular complexity index is 1330. The van der Waals surface area contributed by atoms with Crippen LogP contribution in [0.15, 0.2) is 65.8 Å². The molecule has 2 N–H and O–H groups in total. The minimum Gasteiger partial charge on any atom is -0.489 e. The van der Waals surface area contributed by atoms with Crippen molar-refractivity contribution in [3.8, 4) is 5.75 Å². The number of rotatable bonds is 15. The monoisotopic (exact) mass is 607 g/mol. The molecule has 2 aromatic carbocycles. The molecule has 0 atom stereocenters. The summed E-state index contributed by atoms with van der Waals surface area (Å²) in [6.45, 7) is 14.7. The lowest BCUT2D eigenvalue weighted by atomic mass is 9.72. The van der Waals surface area contributed by atoms with Crippen molar-refractivity contribution in [2.24, 2.45) is 10.8 Å². The minimum atomic E-state index is -1.06. The molecule has 0 radical (unpaired) electrons. The van der Waals surface area contributed by atoms with Gasteiger partial charge in [-0.05, 0) is 113 Å². The number of nitrogens with zero attached hydrogens (tertiary/aromatic N) is 2. The summed E-state index contributed by atoms with van der Waals surface area (Å²) in [5, 5.41) is 8.93. The molecule has 8 nitrogen and oxygen atoms in total. The van der Waals surface area contributed by atoms with Gasteiger partial charge in [0.1, 0.15) is 18.0 Å². The second-order valence-electron chi connectivity index (χ2n) is 13.3. The van der Waals surface area contributed by atoms with Gasteiger partial charge < -0.3 is 14.6 Å². The van der Waals surface area contributed by atoms with Crippen molar-refractivity contribution in [1.82, 2.24) is 9.97 Å². The van der Waals surface area contributed by atoms with Gasteiger partial charge in [-0.1, -0.05) is 44.5 Å². The van der Waals surface area contributed by atoms with Crippen molar-refractivity contribution in [2.45, 2.75) is 97.7 Å². The van der Waals surface area contributed by atoms with Crippen LogP contribution in [-0.4, -0.2) is 32.6 Å². The van der Waals surface area contributed by atoms with Crippen LogP contribution in [-0.2, 0) is 22.6 Å². The number of carbonyl (C=O) groups excluding carboxylic acids is 1. The van der Waals surface area contributed by atoms with E-state index >= 15 is 0 Å². The van der Waals surface area contributed by atoms with E-state index in [1.807, 2.05) is 71.0 Å². The number of aryl methyl sites for hydroxylation is 1. The van der Waals surface area contributed by atoms with E-state index in [4.69, 9.17) is 14.6 Å². The van der Waals surface area contributed by atoms with E-state index in [9.17, 15) is 9.59 Å². The van der Waals surface area contributed by atoms with Crippen LogP contribution in [0.5, 0.6) is 5.75 Å². The van der Waals surface area contributed by atoms with E-state index in [1.165, 1.54) is 29.9 Å². The van der Waals surface area contributed by atoms with Crippen molar-refractivity contribution in [3.05, 3.63) is 77.6 Å². The number of aromatic carboxylic acids is 1. The van der Waals surface area contributed by atoms with Crippen LogP contribution in [0.4, 0.5) is 5.95 Å². The Morgan fingerprint density at radius 1 is 0.860 bits per heavy atom. The Labute approximate surface area is 260 Å². The summed E-state index contributed by atoms with van der Waals surface area (Å²) in [5.74, 6) is -0.0124. The first-order valence-electron chi connectivity index (χ1n) is 14.6. The SMILES string of the molecule is CC(C)(CCCCc1ccc(OCc2ccc(SNc3ncc(C(=O)O)cn3)cc2)cc1)CC(C)(C)C(=O)OC(C)(C)C. The molecular formula is C34H45N3O5S. The molecule has 43 heavy (non-hydrogen) atoms. The molecule has 0 saturated carbocycles. The van der Waals surface area contributed by atoms with E-state index in [0.717, 1.165) is 48.3 Å². The Morgan fingerprint density at radius 3 is 2.05 bits per heavy atom. The third-order valence-corrected chi connectivity index (χ3v) is 7.64. The molecule has 0 amide bonds. The Hall–Kier alpha value is -3.59. The maximum absolute atomic E-state index is 12.7. The number of unbranched alkanes of at least 4 members (excludes halogenated alkanes) is 1. The van der Waals surface area contributed by atoms with Crippen molar-refractivity contribution >= 4 is 29.8 Å². The number of esters is 1. The highest BCUT2D eigenvalue weighted by Gasteiger charge is 2.37. The zero-order valence-electron chi connectivity index (χ0n) is 26.4. The number of nitrogens with one attached hydrogen (secondary N) is 1. The van der Waals surface area contributed by atoms with Crippen molar-refractivity contribution in [1.29, 1.82) is 0 Å². The van der Waals surface area contributed by atoms with Gasteiger partial charge in [-0.15, -0.1) is 0 Å². The molecule has 0 aliphatic heterocycles. The minimum absolute atomic E-state index is 0.0446. The van der Waals surface area contributed by atoms with Gasteiger partial charge in [0.25, 0.3) is 0 Å². The van der Waals surface area contributed by atoms with Crippen molar-refractivity contribution in [2.75, 3.05) is 4.72 Å². The summed E-state index contributed by atoms with van der Waals surface area (Å²) in [4.78, 5) is 32.6. The maximum Gasteiger partial charge on any atom is 0.338 e. The molecule has 3 rings (SSSR count). The molecule has 1 heterocycles. The number of carboxylic acid groups (broad SMARTS) is 1. The normalized spacial score (nSPS) is 12.1. The highest BCUT2D eigenvalue weighted by atomic mass is 32.2. The first-order valence-corrected chi connectivity index (χ1v) is 15.5. The summed E-state index contributed by atoms with van der Waals surface area (Å²) >= 11 is 1.34. The first-order chi connectivity index (χ1) is 20.1. The first kappa shape index (κ1) is 33.9. The predicted octanol–water partition coefficient (Wildman–Crippen LogP) is 8.37. The third kappa shape index (κ3) is 11.9. The lowest BCUT2D eigenvalue weighted by Crippen LogP contribution is -2.36. The van der Waals surface area contributed by atoms with Gasteiger partial charge in [0.2, 0.25) is 5.95 Å². The summed E-state index contributed by atoms with van der Waals surface area (Å²) in [7, 11) is 0. The van der Waals surface area contributed by atoms with Crippen LogP contribution < -0.4 is 9.46 Å². The van der Waals surface area contributed by atoms with Crippen LogP contribution in [0.2, 0.25) is 0 Å². The van der Waals surface area contributed by atoms with E-state index in [1.54, 1.807) is 0 Å². The average molecular weight is 608 g/mol. The molecule has 0 aliphatic carbocycles. The van der Waals surface area contributed by atoms with E-state index < -0.39 is 17.0 Å². The van der Waals surface area contributed by atoms with Gasteiger partial charge in [-0.25, -0.2) is 14.8 Å². The third-order valence-electron chi connectivity index (χ3n) is 6.85. The molecule has 0 bridgehead atoms. The summed E-state index contributed by atoms with van der Waals surface area (Å²) < 4.78 is 14.6. The average Bonchev–Trinajstić information content (AvgIpc) is 2.93. The number of carboxylic acids is 1. The second kappa shape index (κ2) is 14.7. The quantitative estimate of drug-likeness (QED) is 0.1000. The Kier molecular flexibility index (Phi) is 11.6. The predicted molar refractivity (Wildman–Crippen MR) is 171 cm³/mol. The van der Waals surface area contributed by atoms with Gasteiger partial charge >= 0.3 is 11.9 Å². The Morgan fingerprint density at radius 2 is 1.47 bits per heavy atom. The smallest absolute Gasteiger partial charge is 0.338 e. The molecule has 0 saturated heterocycles. The molecule has 0 aliphatic rings. The van der Waals surface area contributed by atoms with Gasteiger partial charge in [0, 0.05) is 17.3 Å². The molecular weight excluding hydrogens is 562 g/mol. The van der Waals surface area contributed by atoms with Gasteiger partial charge in [0.15, 0.2) is 0 Å². The molecule has 0 fully saturated rings. The maximum atomic E-state index is 12.7. The number of hydrogen-bond donors (Lipinski definition) is 2. The number of anilines is 1. The van der Waals surface area contributed by atoms with Crippen molar-refractivity contribution < 1.29 is 24.2 Å². The zero-order chi connectivity index (χ0) is 31.7. The lowest BCUT2D eigenvalue weighted by Gasteiger charge is -2.35. The number of carbonyl (C=O) groups is 2. The number of ether oxygens (including phenoxy) is 2. The molecule has 3 aromatic rings. The van der Waals surface area contributed by atoms with Gasteiger partial charge in [-0.3, -0.25) is 9.52 Å². The second-order valence-corrected chi connectivity index (χ2v) is 14.2. The van der Waals surface area contributed by atoms with E-state index in [-0.39, 0.29) is 16.9 Å². The fraction of sp³-hybridized carbons (Fsp3) is 0.471. The highest BCUT2D eigenvalue weighted by molar-refractivity contribution is 8.00. The summed E-state index contributed by atoms with van der Waals surface area (Å²) in [5.41, 5.74) is 1.45. The fourth-order valence-corrected chi connectivity index (χ4v) is 5.46. The molecule has 0 spiro atoms. The van der Waals surface area contributed by atoms with Crippen LogP contribution in [0.1, 0.15) is 95.6 Å². The summed E-state index contributed by atoms with van der Waals surface area (Å²) in [6.07, 6.45) is 7.59. The molecule has 232 valence electrons. The number of benzene rings is 2. The summed E-state index contributed by atoms with van der Waals surface area (Å²) in [6, 6.07) is 16.3. The highest BCUT2D eigenvalue weighted by Crippen LogP contribution is 2.39. The Balaban J connectivity index is 1.37. The van der Waals surface area contributed by atoms with Crippen LogP contribution in [0.3, 0.4) is 0 Å². The van der Waals surface area contributed by atoms with Gasteiger partial charge in [0.05, 0.1) is 11.0 Å². The van der Waals surface area contributed by atoms with Gasteiger partial charge in [-0.2, -0.15) is 0 Å². The fourth-order valence-electron chi connectivity index (χ4n) is 4.87. The molecule has 1 aromatic heterocycles. The van der Waals surface area contributed by atoms with Crippen LogP contribution in [0, 0.1) is 10.8 Å².